The third-order valence-electron chi connectivity index (χ3n) is 3.69. The van der Waals surface area contributed by atoms with Crippen LogP contribution in [0.2, 0.25) is 0 Å². The summed E-state index contributed by atoms with van der Waals surface area (Å²) in [6.45, 7) is 3.36. The van der Waals surface area contributed by atoms with Crippen LogP contribution in [-0.4, -0.2) is 17.6 Å². The highest BCUT2D eigenvalue weighted by Crippen LogP contribution is 2.24. The summed E-state index contributed by atoms with van der Waals surface area (Å²) in [7, 11) is 0. The van der Waals surface area contributed by atoms with Crippen molar-refractivity contribution in [3.8, 4) is 0 Å². The summed E-state index contributed by atoms with van der Waals surface area (Å²) >= 11 is 1.84. The lowest BCUT2D eigenvalue weighted by atomic mass is 9.98. The topological polar surface area (TPSA) is 24.9 Å². The number of aryl methyl sites for hydroxylation is 1. The molecular weight excluding hydrogens is 240 g/mol. The fourth-order valence-corrected chi connectivity index (χ4v) is 3.65. The molecule has 3 rings (SSSR count). The van der Waals surface area contributed by atoms with Crippen molar-refractivity contribution in [3.63, 3.8) is 0 Å². The van der Waals surface area contributed by atoms with Crippen molar-refractivity contribution in [3.05, 3.63) is 28.8 Å². The number of benzene rings is 1. The van der Waals surface area contributed by atoms with Crippen LogP contribution in [0, 0.1) is 0 Å². The van der Waals surface area contributed by atoms with Crippen LogP contribution in [0.15, 0.2) is 18.2 Å². The SMILES string of the molecule is CCc1nc2ccc(CC3CCCCN3)cc2s1. The van der Waals surface area contributed by atoms with E-state index in [0.29, 0.717) is 6.04 Å². The molecule has 96 valence electrons. The Morgan fingerprint density at radius 1 is 1.39 bits per heavy atom. The highest BCUT2D eigenvalue weighted by atomic mass is 32.1. The Morgan fingerprint density at radius 2 is 2.33 bits per heavy atom. The lowest BCUT2D eigenvalue weighted by molar-refractivity contribution is 0.399. The van der Waals surface area contributed by atoms with Gasteiger partial charge in [0, 0.05) is 6.04 Å². The van der Waals surface area contributed by atoms with E-state index in [4.69, 9.17) is 0 Å². The van der Waals surface area contributed by atoms with Gasteiger partial charge in [-0.1, -0.05) is 19.4 Å². The van der Waals surface area contributed by atoms with E-state index in [1.54, 1.807) is 0 Å². The van der Waals surface area contributed by atoms with Gasteiger partial charge in [0.05, 0.1) is 15.2 Å². The first-order chi connectivity index (χ1) is 8.85. The van der Waals surface area contributed by atoms with Gasteiger partial charge >= 0.3 is 0 Å². The molecule has 0 spiro atoms. The summed E-state index contributed by atoms with van der Waals surface area (Å²) in [4.78, 5) is 4.62. The minimum atomic E-state index is 0.676. The number of thiazole rings is 1. The van der Waals surface area contributed by atoms with Gasteiger partial charge in [0.15, 0.2) is 0 Å². The van der Waals surface area contributed by atoms with Crippen LogP contribution < -0.4 is 5.32 Å². The first kappa shape index (κ1) is 12.1. The summed E-state index contributed by atoms with van der Waals surface area (Å²) in [5.74, 6) is 0. The minimum absolute atomic E-state index is 0.676. The number of nitrogens with zero attached hydrogens (tertiary/aromatic N) is 1. The van der Waals surface area contributed by atoms with Gasteiger partial charge < -0.3 is 5.32 Å². The molecule has 1 N–H and O–H groups in total. The van der Waals surface area contributed by atoms with E-state index in [1.807, 2.05) is 11.3 Å². The van der Waals surface area contributed by atoms with Crippen molar-refractivity contribution < 1.29 is 0 Å². The van der Waals surface area contributed by atoms with Gasteiger partial charge in [-0.05, 0) is 49.9 Å². The molecule has 2 heterocycles. The van der Waals surface area contributed by atoms with Crippen molar-refractivity contribution in [2.24, 2.45) is 0 Å². The zero-order valence-corrected chi connectivity index (χ0v) is 11.7. The van der Waals surface area contributed by atoms with Crippen molar-refractivity contribution in [1.82, 2.24) is 10.3 Å². The zero-order valence-electron chi connectivity index (χ0n) is 10.9. The molecule has 0 bridgehead atoms. The zero-order chi connectivity index (χ0) is 12.4. The van der Waals surface area contributed by atoms with Crippen LogP contribution in [-0.2, 0) is 12.8 Å². The average molecular weight is 260 g/mol. The molecule has 1 aliphatic rings. The van der Waals surface area contributed by atoms with Crippen molar-refractivity contribution in [1.29, 1.82) is 0 Å². The minimum Gasteiger partial charge on any atom is -0.314 e. The second-order valence-corrected chi connectivity index (χ2v) is 6.23. The average Bonchev–Trinajstić information content (AvgIpc) is 2.82. The Kier molecular flexibility index (Phi) is 3.62. The largest absolute Gasteiger partial charge is 0.314 e. The molecule has 1 saturated heterocycles. The van der Waals surface area contributed by atoms with Crippen molar-refractivity contribution in [2.45, 2.75) is 45.1 Å². The first-order valence-corrected chi connectivity index (χ1v) is 7.78. The number of nitrogens with one attached hydrogen (secondary N) is 1. The second kappa shape index (κ2) is 5.37. The van der Waals surface area contributed by atoms with Gasteiger partial charge in [0.1, 0.15) is 0 Å². The van der Waals surface area contributed by atoms with Crippen molar-refractivity contribution >= 4 is 21.6 Å². The normalized spacial score (nSPS) is 20.4. The Bertz CT molecular complexity index is 526. The first-order valence-electron chi connectivity index (χ1n) is 6.97. The molecular formula is C15H20N2S. The highest BCUT2D eigenvalue weighted by Gasteiger charge is 2.13. The molecule has 3 heteroatoms. The summed E-state index contributed by atoms with van der Waals surface area (Å²) in [6.07, 6.45) is 6.24. The van der Waals surface area contributed by atoms with Gasteiger partial charge in [-0.15, -0.1) is 11.3 Å². The van der Waals surface area contributed by atoms with E-state index in [2.05, 4.69) is 35.4 Å². The van der Waals surface area contributed by atoms with Crippen molar-refractivity contribution in [2.75, 3.05) is 6.54 Å². The standard InChI is InChI=1S/C15H20N2S/c1-2-15-17-13-7-6-11(10-14(13)18-15)9-12-5-3-4-8-16-12/h6-7,10,12,16H,2-5,8-9H2,1H3. The maximum atomic E-state index is 4.62. The van der Waals surface area contributed by atoms with Crippen LogP contribution in [0.1, 0.15) is 36.8 Å². The van der Waals surface area contributed by atoms with Crippen LogP contribution in [0.25, 0.3) is 10.2 Å². The molecule has 1 aliphatic heterocycles. The molecule has 1 aromatic carbocycles. The molecule has 2 nitrogen and oxygen atoms in total. The highest BCUT2D eigenvalue weighted by molar-refractivity contribution is 7.18. The molecule has 0 saturated carbocycles. The Balaban J connectivity index is 1.79. The Morgan fingerprint density at radius 3 is 3.11 bits per heavy atom. The summed E-state index contributed by atoms with van der Waals surface area (Å²) in [5.41, 5.74) is 2.62. The predicted molar refractivity (Wildman–Crippen MR) is 78.3 cm³/mol. The smallest absolute Gasteiger partial charge is 0.0935 e. The van der Waals surface area contributed by atoms with Crippen LogP contribution in [0.3, 0.4) is 0 Å². The van der Waals surface area contributed by atoms with E-state index in [1.165, 1.54) is 41.1 Å². The fraction of sp³-hybridized carbons (Fsp3) is 0.533. The summed E-state index contributed by atoms with van der Waals surface area (Å²) < 4.78 is 1.35. The third-order valence-corrected chi connectivity index (χ3v) is 4.86. The number of hydrogen-bond acceptors (Lipinski definition) is 3. The molecule has 0 amide bonds. The van der Waals surface area contributed by atoms with E-state index in [0.717, 1.165) is 18.4 Å². The van der Waals surface area contributed by atoms with E-state index in [9.17, 15) is 0 Å². The van der Waals surface area contributed by atoms with Gasteiger partial charge in [0.25, 0.3) is 0 Å². The maximum Gasteiger partial charge on any atom is 0.0935 e. The van der Waals surface area contributed by atoms with E-state index in [-0.39, 0.29) is 0 Å². The Hall–Kier alpha value is -0.930. The second-order valence-electron chi connectivity index (χ2n) is 5.11. The predicted octanol–water partition coefficient (Wildman–Crippen LogP) is 3.54. The van der Waals surface area contributed by atoms with E-state index < -0.39 is 0 Å². The van der Waals surface area contributed by atoms with Gasteiger partial charge in [-0.2, -0.15) is 0 Å². The molecule has 1 aromatic heterocycles. The maximum absolute atomic E-state index is 4.62. The molecule has 1 fully saturated rings. The van der Waals surface area contributed by atoms with Gasteiger partial charge in [0.2, 0.25) is 0 Å². The molecule has 1 unspecified atom stereocenters. The van der Waals surface area contributed by atoms with Gasteiger partial charge in [-0.25, -0.2) is 4.98 Å². The fourth-order valence-electron chi connectivity index (χ4n) is 2.68. The number of piperidine rings is 1. The quantitative estimate of drug-likeness (QED) is 0.913. The number of hydrogen-bond donors (Lipinski definition) is 1. The molecule has 0 radical (unpaired) electrons. The lowest BCUT2D eigenvalue weighted by Crippen LogP contribution is -2.35. The number of fused-ring (bicyclic) bond motifs is 1. The number of rotatable bonds is 3. The molecule has 0 aliphatic carbocycles. The number of aromatic nitrogens is 1. The molecule has 1 atom stereocenters. The summed E-state index contributed by atoms with van der Waals surface area (Å²) in [5, 5.41) is 4.87. The Labute approximate surface area is 112 Å². The lowest BCUT2D eigenvalue weighted by Gasteiger charge is -2.23. The van der Waals surface area contributed by atoms with E-state index >= 15 is 0 Å². The van der Waals surface area contributed by atoms with Crippen LogP contribution in [0.4, 0.5) is 0 Å². The van der Waals surface area contributed by atoms with Crippen LogP contribution >= 0.6 is 11.3 Å². The monoisotopic (exact) mass is 260 g/mol. The van der Waals surface area contributed by atoms with Gasteiger partial charge in [-0.3, -0.25) is 0 Å². The molecule has 18 heavy (non-hydrogen) atoms. The summed E-state index contributed by atoms with van der Waals surface area (Å²) in [6, 6.07) is 7.44. The van der Waals surface area contributed by atoms with Crippen LogP contribution in [0.5, 0.6) is 0 Å². The molecule has 2 aromatic rings. The third kappa shape index (κ3) is 2.57.